The topological polar surface area (TPSA) is 109 Å². The summed E-state index contributed by atoms with van der Waals surface area (Å²) in [6.07, 6.45) is 5.41. The summed E-state index contributed by atoms with van der Waals surface area (Å²) in [7, 11) is 0. The molecule has 4 rings (SSSR count). The van der Waals surface area contributed by atoms with Crippen LogP contribution >= 0.6 is 0 Å². The number of pyridine rings is 1. The lowest BCUT2D eigenvalue weighted by Crippen LogP contribution is -2.33. The maximum absolute atomic E-state index is 15.4. The van der Waals surface area contributed by atoms with E-state index in [0.29, 0.717) is 46.7 Å². The van der Waals surface area contributed by atoms with Crippen LogP contribution in [0.15, 0.2) is 36.7 Å². The first-order valence-electron chi connectivity index (χ1n) is 12.4. The molecular formula is C28H31FN6O. The Labute approximate surface area is 211 Å². The van der Waals surface area contributed by atoms with Gasteiger partial charge in [-0.3, -0.25) is 9.69 Å². The highest BCUT2D eigenvalue weighted by atomic mass is 19.1. The normalized spacial score (nSPS) is 14.7. The molecule has 0 atom stereocenters. The maximum atomic E-state index is 15.4. The van der Waals surface area contributed by atoms with E-state index < -0.39 is 5.82 Å². The minimum Gasteiger partial charge on any atom is -0.383 e. The predicted molar refractivity (Wildman–Crippen MR) is 137 cm³/mol. The molecule has 3 aromatic rings. The fourth-order valence-electron chi connectivity index (χ4n) is 4.69. The number of nitrogens with zero attached hydrogens (tertiary/aromatic N) is 5. The van der Waals surface area contributed by atoms with E-state index in [0.717, 1.165) is 37.3 Å². The number of ketones is 1. The standard InChI is InChI=1S/C28H31FN6O/c1-4-21-22(26(36)17(2)3)6-7-23(25(21)29)24-8-5-20(27(31)34-24)16-35-11-9-19(10-12-35)28-32-14-18(13-30)15-33-28/h5-8,14-15,17,19H,4,9-12,16H2,1-3H3,(H2,31,34). The van der Waals surface area contributed by atoms with Crippen molar-refractivity contribution in [1.82, 2.24) is 19.9 Å². The van der Waals surface area contributed by atoms with Crippen molar-refractivity contribution in [2.45, 2.75) is 52.5 Å². The summed E-state index contributed by atoms with van der Waals surface area (Å²) >= 11 is 0. The first kappa shape index (κ1) is 25.4. The molecule has 1 aliphatic rings. The number of hydrogen-bond donors (Lipinski definition) is 1. The van der Waals surface area contributed by atoms with Crippen LogP contribution in [0.4, 0.5) is 10.2 Å². The quantitative estimate of drug-likeness (QED) is 0.473. The average Bonchev–Trinajstić information content (AvgIpc) is 2.89. The van der Waals surface area contributed by atoms with Crippen molar-refractivity contribution in [3.8, 4) is 17.3 Å². The first-order valence-corrected chi connectivity index (χ1v) is 12.4. The molecule has 0 aliphatic carbocycles. The number of carbonyl (C=O) groups excluding carboxylic acids is 1. The molecule has 186 valence electrons. The smallest absolute Gasteiger partial charge is 0.165 e. The Hall–Kier alpha value is -3.70. The van der Waals surface area contributed by atoms with Gasteiger partial charge in [-0.15, -0.1) is 0 Å². The predicted octanol–water partition coefficient (Wildman–Crippen LogP) is 4.91. The van der Waals surface area contributed by atoms with E-state index in [1.54, 1.807) is 30.6 Å². The number of aromatic nitrogens is 3. The van der Waals surface area contributed by atoms with Crippen LogP contribution in [0.5, 0.6) is 0 Å². The van der Waals surface area contributed by atoms with Gasteiger partial charge in [0.05, 0.1) is 11.3 Å². The largest absolute Gasteiger partial charge is 0.383 e. The van der Waals surface area contributed by atoms with Gasteiger partial charge in [0.25, 0.3) is 0 Å². The van der Waals surface area contributed by atoms with Crippen LogP contribution in [-0.2, 0) is 13.0 Å². The highest BCUT2D eigenvalue weighted by molar-refractivity contribution is 5.99. The Kier molecular flexibility index (Phi) is 7.70. The van der Waals surface area contributed by atoms with Crippen molar-refractivity contribution in [2.24, 2.45) is 5.92 Å². The number of carbonyl (C=O) groups is 1. The molecule has 7 nitrogen and oxygen atoms in total. The average molecular weight is 487 g/mol. The van der Waals surface area contributed by atoms with Crippen molar-refractivity contribution in [2.75, 3.05) is 18.8 Å². The van der Waals surface area contributed by atoms with Crippen LogP contribution in [-0.4, -0.2) is 38.7 Å². The van der Waals surface area contributed by atoms with Gasteiger partial charge in [-0.1, -0.05) is 32.9 Å². The number of nitrogen functional groups attached to an aromatic ring is 1. The second-order valence-corrected chi connectivity index (χ2v) is 9.56. The molecule has 0 unspecified atom stereocenters. The molecule has 8 heteroatoms. The van der Waals surface area contributed by atoms with Gasteiger partial charge in [0.15, 0.2) is 5.78 Å². The lowest BCUT2D eigenvalue weighted by atomic mass is 9.92. The molecule has 36 heavy (non-hydrogen) atoms. The Morgan fingerprint density at radius 2 is 1.89 bits per heavy atom. The van der Waals surface area contributed by atoms with Crippen molar-refractivity contribution in [3.05, 3.63) is 70.6 Å². The lowest BCUT2D eigenvalue weighted by molar-refractivity contribution is 0.0938. The SMILES string of the molecule is CCc1c(C(=O)C(C)C)ccc(-c2ccc(CN3CCC(c4ncc(C#N)cn4)CC3)c(N)n2)c1F. The summed E-state index contributed by atoms with van der Waals surface area (Å²) in [5, 5.41) is 8.92. The Morgan fingerprint density at radius 3 is 2.47 bits per heavy atom. The van der Waals surface area contributed by atoms with Crippen LogP contribution in [0.3, 0.4) is 0 Å². The molecule has 0 radical (unpaired) electrons. The van der Waals surface area contributed by atoms with Crippen LogP contribution in [0.1, 0.15) is 72.4 Å². The Bertz CT molecular complexity index is 1290. The Morgan fingerprint density at radius 1 is 1.19 bits per heavy atom. The number of anilines is 1. The number of benzene rings is 1. The van der Waals surface area contributed by atoms with E-state index in [1.807, 2.05) is 32.9 Å². The third-order valence-corrected chi connectivity index (χ3v) is 6.82. The van der Waals surface area contributed by atoms with Crippen LogP contribution in [0, 0.1) is 23.1 Å². The number of likely N-dealkylation sites (tertiary alicyclic amines) is 1. The number of nitriles is 1. The summed E-state index contributed by atoms with van der Waals surface area (Å²) in [5.74, 6) is 0.771. The fraction of sp³-hybridized carbons (Fsp3) is 0.393. The van der Waals surface area contributed by atoms with Gasteiger partial charge in [-0.05, 0) is 50.0 Å². The number of halogens is 1. The third kappa shape index (κ3) is 5.26. The monoisotopic (exact) mass is 486 g/mol. The Balaban J connectivity index is 1.45. The summed E-state index contributed by atoms with van der Waals surface area (Å²) in [6, 6.07) is 9.08. The van der Waals surface area contributed by atoms with Crippen LogP contribution in [0.25, 0.3) is 11.3 Å². The zero-order chi connectivity index (χ0) is 25.8. The molecule has 2 aromatic heterocycles. The number of Topliss-reactive ketones (excluding diaryl/α,β-unsaturated/α-hetero) is 1. The minimum atomic E-state index is -0.407. The molecule has 3 heterocycles. The summed E-state index contributed by atoms with van der Waals surface area (Å²) < 4.78 is 15.4. The lowest BCUT2D eigenvalue weighted by Gasteiger charge is -2.31. The maximum Gasteiger partial charge on any atom is 0.165 e. The molecule has 1 aromatic carbocycles. The molecule has 1 saturated heterocycles. The zero-order valence-electron chi connectivity index (χ0n) is 21.0. The van der Waals surface area contributed by atoms with Gasteiger partial charge >= 0.3 is 0 Å². The van der Waals surface area contributed by atoms with E-state index in [-0.39, 0.29) is 17.6 Å². The van der Waals surface area contributed by atoms with E-state index in [1.165, 1.54) is 0 Å². The zero-order valence-corrected chi connectivity index (χ0v) is 21.0. The molecule has 2 N–H and O–H groups in total. The van der Waals surface area contributed by atoms with E-state index >= 15 is 4.39 Å². The molecular weight excluding hydrogens is 455 g/mol. The van der Waals surface area contributed by atoms with Gasteiger partial charge in [-0.25, -0.2) is 19.3 Å². The first-order chi connectivity index (χ1) is 17.3. The van der Waals surface area contributed by atoms with Gasteiger partial charge in [0.2, 0.25) is 0 Å². The molecule has 0 saturated carbocycles. The van der Waals surface area contributed by atoms with E-state index in [4.69, 9.17) is 11.0 Å². The van der Waals surface area contributed by atoms with Gasteiger partial charge in [0, 0.05) is 47.5 Å². The number of piperidine rings is 1. The molecule has 0 amide bonds. The molecule has 0 spiro atoms. The van der Waals surface area contributed by atoms with Gasteiger partial charge in [0.1, 0.15) is 23.5 Å². The van der Waals surface area contributed by atoms with Crippen molar-refractivity contribution in [1.29, 1.82) is 5.26 Å². The fourth-order valence-corrected chi connectivity index (χ4v) is 4.69. The van der Waals surface area contributed by atoms with Crippen molar-refractivity contribution in [3.63, 3.8) is 0 Å². The molecule has 1 aliphatic heterocycles. The summed E-state index contributed by atoms with van der Waals surface area (Å²) in [6.45, 7) is 7.88. The second-order valence-electron chi connectivity index (χ2n) is 9.56. The van der Waals surface area contributed by atoms with Crippen LogP contribution in [0.2, 0.25) is 0 Å². The third-order valence-electron chi connectivity index (χ3n) is 6.82. The number of nitrogens with two attached hydrogens (primary N) is 1. The van der Waals surface area contributed by atoms with Crippen molar-refractivity contribution >= 4 is 11.6 Å². The highest BCUT2D eigenvalue weighted by Crippen LogP contribution is 2.30. The molecule has 0 bridgehead atoms. The number of hydrogen-bond acceptors (Lipinski definition) is 7. The summed E-state index contributed by atoms with van der Waals surface area (Å²) in [4.78, 5) is 28.0. The van der Waals surface area contributed by atoms with Crippen molar-refractivity contribution < 1.29 is 9.18 Å². The van der Waals surface area contributed by atoms with E-state index in [2.05, 4.69) is 19.9 Å². The van der Waals surface area contributed by atoms with E-state index in [9.17, 15) is 4.79 Å². The minimum absolute atomic E-state index is 0.0605. The van der Waals surface area contributed by atoms with Gasteiger partial charge in [-0.2, -0.15) is 5.26 Å². The number of rotatable bonds is 7. The summed E-state index contributed by atoms with van der Waals surface area (Å²) in [5.41, 5.74) is 9.34. The van der Waals surface area contributed by atoms with Gasteiger partial charge < -0.3 is 5.73 Å². The second kappa shape index (κ2) is 10.9. The highest BCUT2D eigenvalue weighted by Gasteiger charge is 2.24. The molecule has 1 fully saturated rings. The van der Waals surface area contributed by atoms with Crippen LogP contribution < -0.4 is 5.73 Å².